The molecule has 0 fully saturated rings. The number of hydrogen-bond acceptors (Lipinski definition) is 1. The molecule has 84 valence electrons. The zero-order valence-corrected chi connectivity index (χ0v) is 13.0. The molecule has 0 saturated heterocycles. The summed E-state index contributed by atoms with van der Waals surface area (Å²) >= 11 is 5.93. The Balaban J connectivity index is 0.00000128. The Morgan fingerprint density at radius 1 is 1.12 bits per heavy atom. The summed E-state index contributed by atoms with van der Waals surface area (Å²) in [6.45, 7) is 0.532. The van der Waals surface area contributed by atoms with E-state index in [9.17, 15) is 0 Å². The van der Waals surface area contributed by atoms with E-state index in [0.29, 0.717) is 17.4 Å². The summed E-state index contributed by atoms with van der Waals surface area (Å²) in [5.41, 5.74) is 1.13. The van der Waals surface area contributed by atoms with Crippen molar-refractivity contribution in [3.8, 4) is 5.75 Å². The van der Waals surface area contributed by atoms with Gasteiger partial charge in [-0.3, -0.25) is 0 Å². The minimum absolute atomic E-state index is 0. The molecule has 0 saturated carbocycles. The van der Waals surface area contributed by atoms with Gasteiger partial charge in [-0.2, -0.15) is 29.8 Å². The molecule has 0 aromatic heterocycles. The van der Waals surface area contributed by atoms with Crippen molar-refractivity contribution >= 4 is 34.7 Å². The van der Waals surface area contributed by atoms with Crippen molar-refractivity contribution in [1.29, 1.82) is 0 Å². The van der Waals surface area contributed by atoms with Crippen LogP contribution in [0.2, 0.25) is 5.02 Å². The van der Waals surface area contributed by atoms with Gasteiger partial charge < -0.3 is 21.7 Å². The van der Waals surface area contributed by atoms with Gasteiger partial charge in [-0.1, -0.05) is 30.3 Å². The Labute approximate surface area is 133 Å². The second kappa shape index (κ2) is 8.81. The van der Waals surface area contributed by atoms with Gasteiger partial charge in [0.2, 0.25) is 0 Å². The van der Waals surface area contributed by atoms with Gasteiger partial charge in [-0.15, -0.1) is 6.07 Å². The predicted octanol–water partition coefficient (Wildman–Crippen LogP) is 0.342. The third kappa shape index (κ3) is 5.30. The summed E-state index contributed by atoms with van der Waals surface area (Å²) in [6, 6.07) is 18.2. The third-order valence-electron chi connectivity index (χ3n) is 2.01. The van der Waals surface area contributed by atoms with E-state index in [0.717, 1.165) is 5.56 Å². The number of halogens is 2. The first-order valence-electron chi connectivity index (χ1n) is 4.68. The maximum absolute atomic E-state index is 5.93. The molecule has 17 heavy (non-hydrogen) atoms. The Morgan fingerprint density at radius 3 is 2.47 bits per heavy atom. The topological polar surface area (TPSA) is 9.23 Å². The van der Waals surface area contributed by atoms with Crippen molar-refractivity contribution in [2.24, 2.45) is 0 Å². The second-order valence-corrected chi connectivity index (χ2v) is 3.54. The van der Waals surface area contributed by atoms with E-state index < -0.39 is 0 Å². The molecule has 2 aromatic rings. The van der Waals surface area contributed by atoms with Crippen molar-refractivity contribution in [2.45, 2.75) is 6.61 Å². The summed E-state index contributed by atoms with van der Waals surface area (Å²) < 4.78 is 5.57. The van der Waals surface area contributed by atoms with Crippen LogP contribution in [-0.2, 0) is 6.61 Å². The van der Waals surface area contributed by atoms with Gasteiger partial charge in [0, 0.05) is 5.75 Å². The molecule has 0 aliphatic heterocycles. The van der Waals surface area contributed by atoms with Crippen LogP contribution in [0, 0.1) is 6.07 Å². The number of rotatable bonds is 3. The summed E-state index contributed by atoms with van der Waals surface area (Å²) in [6.07, 6.45) is 0. The van der Waals surface area contributed by atoms with E-state index in [-0.39, 0.29) is 40.0 Å². The Kier molecular flexibility index (Phi) is 8.69. The molecule has 0 aliphatic rings. The van der Waals surface area contributed by atoms with Crippen molar-refractivity contribution < 1.29 is 21.7 Å². The van der Waals surface area contributed by atoms with E-state index in [1.54, 1.807) is 12.1 Å². The van der Waals surface area contributed by atoms with Gasteiger partial charge in [0.15, 0.2) is 0 Å². The van der Waals surface area contributed by atoms with Gasteiger partial charge in [0.05, 0.1) is 0 Å². The molecule has 0 spiro atoms. The van der Waals surface area contributed by atoms with Gasteiger partial charge >= 0.3 is 23.1 Å². The average molecular weight is 322 g/mol. The van der Waals surface area contributed by atoms with E-state index in [2.05, 4.69) is 6.07 Å². The summed E-state index contributed by atoms with van der Waals surface area (Å²) in [5, 5.41) is 0.591. The van der Waals surface area contributed by atoms with Crippen LogP contribution < -0.4 is 21.7 Å². The maximum atomic E-state index is 5.93. The summed E-state index contributed by atoms with van der Waals surface area (Å²) in [7, 11) is 0. The third-order valence-corrected chi connectivity index (χ3v) is 2.31. The van der Waals surface area contributed by atoms with Crippen LogP contribution in [0.5, 0.6) is 5.75 Å². The fraction of sp³-hybridized carbons (Fsp3) is 0.0769. The van der Waals surface area contributed by atoms with Crippen LogP contribution in [0.25, 0.3) is 0 Å². The van der Waals surface area contributed by atoms with Crippen molar-refractivity contribution in [3.63, 3.8) is 0 Å². The fourth-order valence-corrected chi connectivity index (χ4v) is 1.43. The summed E-state index contributed by atoms with van der Waals surface area (Å²) in [5.74, 6) is 0.694. The van der Waals surface area contributed by atoms with E-state index >= 15 is 0 Å². The van der Waals surface area contributed by atoms with Crippen molar-refractivity contribution in [2.75, 3.05) is 0 Å². The first-order chi connectivity index (χ1) is 7.36. The van der Waals surface area contributed by atoms with Crippen LogP contribution in [0.3, 0.4) is 0 Å². The second-order valence-electron chi connectivity index (χ2n) is 3.13. The predicted molar refractivity (Wildman–Crippen MR) is 66.8 cm³/mol. The van der Waals surface area contributed by atoms with E-state index in [1.807, 2.05) is 36.4 Å². The monoisotopic (exact) mass is 320 g/mol. The van der Waals surface area contributed by atoms with E-state index in [1.165, 1.54) is 0 Å². The van der Waals surface area contributed by atoms with Crippen molar-refractivity contribution in [1.82, 2.24) is 0 Å². The molecular formula is C13H10BrClMgO. The van der Waals surface area contributed by atoms with Gasteiger partial charge in [0.1, 0.15) is 6.61 Å². The van der Waals surface area contributed by atoms with Gasteiger partial charge in [-0.05, 0) is 10.6 Å². The largest absolute Gasteiger partial charge is 2.00 e. The molecule has 0 unspecified atom stereocenters. The minimum Gasteiger partial charge on any atom is -1.00 e. The summed E-state index contributed by atoms with van der Waals surface area (Å²) in [4.78, 5) is 0. The first-order valence-corrected chi connectivity index (χ1v) is 5.06. The molecule has 0 atom stereocenters. The van der Waals surface area contributed by atoms with Crippen LogP contribution >= 0.6 is 11.6 Å². The smallest absolute Gasteiger partial charge is 1.00 e. The molecule has 2 rings (SSSR count). The normalized spacial score (nSPS) is 8.76. The first kappa shape index (κ1) is 16.8. The zero-order valence-electron chi connectivity index (χ0n) is 9.20. The molecule has 4 heteroatoms. The SMILES string of the molecule is Clc1c[c-]ccc1OCc1ccccc1.[Br-].[Mg+2]. The number of hydrogen-bond donors (Lipinski definition) is 0. The molecule has 0 N–H and O–H groups in total. The maximum Gasteiger partial charge on any atom is 2.00 e. The Hall–Kier alpha value is -0.224. The minimum atomic E-state index is 0. The number of ether oxygens (including phenoxy) is 1. The molecule has 0 heterocycles. The Morgan fingerprint density at radius 2 is 1.82 bits per heavy atom. The molecule has 1 nitrogen and oxygen atoms in total. The fourth-order valence-electron chi connectivity index (χ4n) is 1.25. The van der Waals surface area contributed by atoms with Crippen LogP contribution in [-0.4, -0.2) is 23.1 Å². The van der Waals surface area contributed by atoms with E-state index in [4.69, 9.17) is 16.3 Å². The molecular weight excluding hydrogens is 312 g/mol. The molecule has 0 aliphatic carbocycles. The van der Waals surface area contributed by atoms with Gasteiger partial charge in [0.25, 0.3) is 0 Å². The molecule has 0 amide bonds. The quantitative estimate of drug-likeness (QED) is 0.585. The van der Waals surface area contributed by atoms with Crippen LogP contribution in [0.15, 0.2) is 48.5 Å². The molecule has 0 bridgehead atoms. The standard InChI is InChI=1S/C13H10ClO.BrH.Mg/c14-12-8-4-5-9-13(12)15-10-11-6-2-1-3-7-11;;/h1-3,5-9H,10H2;1H;/q-1;;+2/p-1. The van der Waals surface area contributed by atoms with Crippen molar-refractivity contribution in [3.05, 3.63) is 65.2 Å². The van der Waals surface area contributed by atoms with Crippen LogP contribution in [0.1, 0.15) is 5.56 Å². The van der Waals surface area contributed by atoms with Gasteiger partial charge in [-0.25, -0.2) is 0 Å². The molecule has 0 radical (unpaired) electrons. The number of benzene rings is 2. The average Bonchev–Trinajstić information content (AvgIpc) is 2.29. The molecule has 2 aromatic carbocycles. The Bertz CT molecular complexity index is 436. The van der Waals surface area contributed by atoms with Crippen LogP contribution in [0.4, 0.5) is 0 Å². The zero-order chi connectivity index (χ0) is 10.5.